The summed E-state index contributed by atoms with van der Waals surface area (Å²) in [6.07, 6.45) is 0.949. The molecule has 5 nitrogen and oxygen atoms in total. The average Bonchev–Trinajstić information content (AvgIpc) is 2.39. The Morgan fingerprint density at radius 2 is 2.00 bits per heavy atom. The average molecular weight is 292 g/mol. The summed E-state index contributed by atoms with van der Waals surface area (Å²) in [6.45, 7) is 8.48. The molecule has 0 aromatic heterocycles. The van der Waals surface area contributed by atoms with Gasteiger partial charge in [-0.15, -0.1) is 0 Å². The maximum absolute atomic E-state index is 5.42. The number of ether oxygens (including phenoxy) is 3. The van der Waals surface area contributed by atoms with Crippen LogP contribution in [0.2, 0.25) is 0 Å². The standard InChI is InChI=1S/C13H28N2O3S/c1-5-18-9-6-7-14-13(19)15(8-10-16-3)12(2)11-17-4/h12H,5-11H2,1-4H3,(H,14,19). The van der Waals surface area contributed by atoms with Gasteiger partial charge in [-0.05, 0) is 32.5 Å². The Kier molecular flexibility index (Phi) is 12.3. The highest BCUT2D eigenvalue weighted by Gasteiger charge is 2.16. The van der Waals surface area contributed by atoms with Crippen LogP contribution in [0.15, 0.2) is 0 Å². The summed E-state index contributed by atoms with van der Waals surface area (Å²) in [7, 11) is 3.39. The first kappa shape index (κ1) is 18.6. The number of methoxy groups -OCH3 is 2. The monoisotopic (exact) mass is 292 g/mol. The van der Waals surface area contributed by atoms with E-state index in [0.717, 1.165) is 37.8 Å². The van der Waals surface area contributed by atoms with E-state index in [0.29, 0.717) is 13.2 Å². The van der Waals surface area contributed by atoms with Gasteiger partial charge in [0.2, 0.25) is 0 Å². The van der Waals surface area contributed by atoms with Crippen LogP contribution in [0.5, 0.6) is 0 Å². The van der Waals surface area contributed by atoms with Gasteiger partial charge in [-0.25, -0.2) is 0 Å². The molecule has 0 amide bonds. The van der Waals surface area contributed by atoms with Crippen molar-refractivity contribution in [1.29, 1.82) is 0 Å². The fraction of sp³-hybridized carbons (Fsp3) is 0.923. The molecule has 0 radical (unpaired) electrons. The van der Waals surface area contributed by atoms with Crippen LogP contribution < -0.4 is 5.32 Å². The van der Waals surface area contributed by atoms with E-state index < -0.39 is 0 Å². The zero-order valence-corrected chi connectivity index (χ0v) is 13.4. The van der Waals surface area contributed by atoms with Gasteiger partial charge in [0.15, 0.2) is 5.11 Å². The highest BCUT2D eigenvalue weighted by atomic mass is 32.1. The molecule has 0 aliphatic carbocycles. The van der Waals surface area contributed by atoms with Gasteiger partial charge in [0.25, 0.3) is 0 Å². The molecule has 0 aromatic carbocycles. The number of nitrogens with one attached hydrogen (secondary N) is 1. The van der Waals surface area contributed by atoms with E-state index in [1.54, 1.807) is 14.2 Å². The maximum Gasteiger partial charge on any atom is 0.169 e. The van der Waals surface area contributed by atoms with Crippen LogP contribution in [0.4, 0.5) is 0 Å². The Morgan fingerprint density at radius 1 is 1.26 bits per heavy atom. The predicted molar refractivity (Wildman–Crippen MR) is 81.6 cm³/mol. The van der Waals surface area contributed by atoms with Crippen molar-refractivity contribution in [3.8, 4) is 0 Å². The summed E-state index contributed by atoms with van der Waals surface area (Å²) >= 11 is 5.42. The molecule has 19 heavy (non-hydrogen) atoms. The van der Waals surface area contributed by atoms with Gasteiger partial charge in [-0.1, -0.05) is 0 Å². The second-order valence-corrected chi connectivity index (χ2v) is 4.66. The fourth-order valence-corrected chi connectivity index (χ4v) is 2.03. The summed E-state index contributed by atoms with van der Waals surface area (Å²) < 4.78 is 15.6. The molecule has 0 saturated heterocycles. The second kappa shape index (κ2) is 12.6. The third-order valence-corrected chi connectivity index (χ3v) is 3.06. The van der Waals surface area contributed by atoms with Crippen LogP contribution in [0.3, 0.4) is 0 Å². The molecule has 0 heterocycles. The molecule has 0 aliphatic rings. The molecule has 0 bridgehead atoms. The molecule has 0 aromatic rings. The van der Waals surface area contributed by atoms with Crippen molar-refractivity contribution in [2.24, 2.45) is 0 Å². The van der Waals surface area contributed by atoms with Crippen molar-refractivity contribution in [1.82, 2.24) is 10.2 Å². The van der Waals surface area contributed by atoms with Crippen molar-refractivity contribution in [3.63, 3.8) is 0 Å². The largest absolute Gasteiger partial charge is 0.383 e. The van der Waals surface area contributed by atoms with Crippen molar-refractivity contribution in [3.05, 3.63) is 0 Å². The zero-order valence-electron chi connectivity index (χ0n) is 12.6. The van der Waals surface area contributed by atoms with Crippen LogP contribution in [-0.4, -0.2) is 69.8 Å². The first-order valence-electron chi connectivity index (χ1n) is 6.77. The number of nitrogens with zero attached hydrogens (tertiary/aromatic N) is 1. The summed E-state index contributed by atoms with van der Waals surface area (Å²) in [5.74, 6) is 0. The minimum Gasteiger partial charge on any atom is -0.383 e. The van der Waals surface area contributed by atoms with Crippen LogP contribution >= 0.6 is 12.2 Å². The Bertz CT molecular complexity index is 230. The van der Waals surface area contributed by atoms with E-state index >= 15 is 0 Å². The highest BCUT2D eigenvalue weighted by Crippen LogP contribution is 2.01. The van der Waals surface area contributed by atoms with E-state index in [1.165, 1.54) is 0 Å². The lowest BCUT2D eigenvalue weighted by atomic mass is 10.3. The van der Waals surface area contributed by atoms with E-state index in [9.17, 15) is 0 Å². The molecule has 6 heteroatoms. The van der Waals surface area contributed by atoms with E-state index in [-0.39, 0.29) is 6.04 Å². The lowest BCUT2D eigenvalue weighted by Gasteiger charge is -2.31. The van der Waals surface area contributed by atoms with Gasteiger partial charge in [0.05, 0.1) is 19.3 Å². The van der Waals surface area contributed by atoms with Crippen LogP contribution in [-0.2, 0) is 14.2 Å². The molecular weight excluding hydrogens is 264 g/mol. The van der Waals surface area contributed by atoms with Crippen LogP contribution in [0.25, 0.3) is 0 Å². The summed E-state index contributed by atoms with van der Waals surface area (Å²) in [5.41, 5.74) is 0. The first-order chi connectivity index (χ1) is 9.17. The molecule has 114 valence electrons. The van der Waals surface area contributed by atoms with Gasteiger partial charge in [-0.2, -0.15) is 0 Å². The van der Waals surface area contributed by atoms with E-state index in [4.69, 9.17) is 26.4 Å². The molecule has 0 spiro atoms. The molecule has 0 fully saturated rings. The lowest BCUT2D eigenvalue weighted by molar-refractivity contribution is 0.112. The number of rotatable bonds is 11. The maximum atomic E-state index is 5.42. The summed E-state index contributed by atoms with van der Waals surface area (Å²) in [6, 6.07) is 0.229. The van der Waals surface area contributed by atoms with Crippen LogP contribution in [0.1, 0.15) is 20.3 Å². The van der Waals surface area contributed by atoms with Crippen molar-refractivity contribution >= 4 is 17.3 Å². The van der Waals surface area contributed by atoms with Gasteiger partial charge in [0, 0.05) is 40.5 Å². The molecule has 1 atom stereocenters. The van der Waals surface area contributed by atoms with Crippen molar-refractivity contribution < 1.29 is 14.2 Å². The fourth-order valence-electron chi connectivity index (χ4n) is 1.66. The third-order valence-electron chi connectivity index (χ3n) is 2.68. The Labute approximate surface area is 122 Å². The van der Waals surface area contributed by atoms with Crippen LogP contribution in [0, 0.1) is 0 Å². The number of hydrogen-bond donors (Lipinski definition) is 1. The summed E-state index contributed by atoms with van der Waals surface area (Å²) in [5, 5.41) is 4.00. The SMILES string of the molecule is CCOCCCNC(=S)N(CCOC)C(C)COC. The third kappa shape index (κ3) is 9.15. The topological polar surface area (TPSA) is 43.0 Å². The van der Waals surface area contributed by atoms with Gasteiger partial charge < -0.3 is 24.4 Å². The quantitative estimate of drug-likeness (QED) is 0.457. The lowest BCUT2D eigenvalue weighted by Crippen LogP contribution is -2.48. The Balaban J connectivity index is 4.06. The Morgan fingerprint density at radius 3 is 2.58 bits per heavy atom. The molecular formula is C13H28N2O3S. The number of hydrogen-bond acceptors (Lipinski definition) is 4. The normalized spacial score (nSPS) is 12.2. The second-order valence-electron chi connectivity index (χ2n) is 4.27. The predicted octanol–water partition coefficient (Wildman–Crippen LogP) is 1.27. The smallest absolute Gasteiger partial charge is 0.169 e. The summed E-state index contributed by atoms with van der Waals surface area (Å²) in [4.78, 5) is 2.10. The van der Waals surface area contributed by atoms with E-state index in [1.807, 2.05) is 6.92 Å². The van der Waals surface area contributed by atoms with Gasteiger partial charge >= 0.3 is 0 Å². The Hall–Kier alpha value is -0.430. The van der Waals surface area contributed by atoms with Crippen molar-refractivity contribution in [2.45, 2.75) is 26.3 Å². The zero-order chi connectivity index (χ0) is 14.5. The molecule has 0 rings (SSSR count). The minimum absolute atomic E-state index is 0.229. The minimum atomic E-state index is 0.229. The van der Waals surface area contributed by atoms with Gasteiger partial charge in [-0.3, -0.25) is 0 Å². The molecule has 0 aliphatic heterocycles. The van der Waals surface area contributed by atoms with Gasteiger partial charge in [0.1, 0.15) is 0 Å². The highest BCUT2D eigenvalue weighted by molar-refractivity contribution is 7.80. The van der Waals surface area contributed by atoms with E-state index in [2.05, 4.69) is 17.1 Å². The first-order valence-corrected chi connectivity index (χ1v) is 7.18. The molecule has 0 saturated carbocycles. The number of thiocarbonyl (C=S) groups is 1. The molecule has 1 unspecified atom stereocenters. The van der Waals surface area contributed by atoms with Crippen molar-refractivity contribution in [2.75, 3.05) is 53.7 Å². The molecule has 1 N–H and O–H groups in total.